The monoisotopic (exact) mass is 482 g/mol. The summed E-state index contributed by atoms with van der Waals surface area (Å²) in [7, 11) is -3.09. The molecule has 1 atom stereocenters. The molecule has 1 aromatic heterocycles. The number of aromatic nitrogens is 1. The Balaban J connectivity index is 0.000000451. The van der Waals surface area contributed by atoms with Crippen LogP contribution in [0.15, 0.2) is 24.5 Å². The Kier molecular flexibility index (Phi) is 9.43. The van der Waals surface area contributed by atoms with Crippen LogP contribution in [0, 0.1) is 5.92 Å². The molecular weight excluding hydrogens is 453 g/mol. The number of sulfonamides is 1. The Morgan fingerprint density at radius 1 is 1.31 bits per heavy atom. The first-order chi connectivity index (χ1) is 15.0. The second-order valence-corrected chi connectivity index (χ2v) is 9.96. The van der Waals surface area contributed by atoms with E-state index in [1.807, 2.05) is 12.1 Å². The highest BCUT2D eigenvalue weighted by Gasteiger charge is 2.47. The molecule has 1 aromatic rings. The Bertz CT molecular complexity index is 827. The number of hydrogen-bond acceptors (Lipinski definition) is 6. The Morgan fingerprint density at radius 3 is 2.44 bits per heavy atom. The third-order valence-corrected chi connectivity index (χ3v) is 7.68. The van der Waals surface area contributed by atoms with Gasteiger partial charge in [0, 0.05) is 38.7 Å². The van der Waals surface area contributed by atoms with Gasteiger partial charge in [0.15, 0.2) is 0 Å². The van der Waals surface area contributed by atoms with Gasteiger partial charge in [0.05, 0.1) is 18.0 Å². The van der Waals surface area contributed by atoms with Crippen molar-refractivity contribution in [2.45, 2.75) is 51.0 Å². The number of piperidine rings is 1. The lowest BCUT2D eigenvalue weighted by molar-refractivity contribution is -0.192. The molecule has 2 fully saturated rings. The minimum atomic E-state index is -5.08. The molecule has 0 aromatic carbocycles. The van der Waals surface area contributed by atoms with Gasteiger partial charge in [0.2, 0.25) is 10.0 Å². The smallest absolute Gasteiger partial charge is 0.475 e. The van der Waals surface area contributed by atoms with Crippen LogP contribution in [0.3, 0.4) is 0 Å². The highest BCUT2D eigenvalue weighted by Crippen LogP contribution is 2.42. The number of halogens is 3. The van der Waals surface area contributed by atoms with Crippen LogP contribution in [0.4, 0.5) is 13.2 Å². The molecule has 0 saturated carbocycles. The summed E-state index contributed by atoms with van der Waals surface area (Å²) in [5.41, 5.74) is 0.977. The van der Waals surface area contributed by atoms with E-state index < -0.39 is 22.2 Å². The summed E-state index contributed by atoms with van der Waals surface area (Å²) in [6, 6.07) is 3.92. The zero-order chi connectivity index (χ0) is 23.8. The Morgan fingerprint density at radius 2 is 1.91 bits per heavy atom. The van der Waals surface area contributed by atoms with Gasteiger partial charge in [0.1, 0.15) is 0 Å². The molecule has 1 N–H and O–H groups in total. The zero-order valence-electron chi connectivity index (χ0n) is 17.9. The summed E-state index contributed by atoms with van der Waals surface area (Å²) < 4.78 is 69.4. The van der Waals surface area contributed by atoms with E-state index in [-0.39, 0.29) is 11.4 Å². The predicted molar refractivity (Wildman–Crippen MR) is 109 cm³/mol. The largest absolute Gasteiger partial charge is 0.490 e. The highest BCUT2D eigenvalue weighted by atomic mass is 32.2. The molecule has 12 heteroatoms. The minimum Gasteiger partial charge on any atom is -0.475 e. The van der Waals surface area contributed by atoms with E-state index in [9.17, 15) is 21.6 Å². The molecule has 2 aliphatic rings. The lowest BCUT2D eigenvalue weighted by Gasteiger charge is -2.41. The van der Waals surface area contributed by atoms with Gasteiger partial charge in [0.25, 0.3) is 0 Å². The van der Waals surface area contributed by atoms with Gasteiger partial charge in [-0.15, -0.1) is 0 Å². The van der Waals surface area contributed by atoms with Gasteiger partial charge >= 0.3 is 12.1 Å². The van der Waals surface area contributed by atoms with Gasteiger partial charge in [-0.3, -0.25) is 4.98 Å². The first-order valence-corrected chi connectivity index (χ1v) is 12.0. The lowest BCUT2D eigenvalue weighted by Crippen LogP contribution is -2.49. The number of alkyl halides is 3. The molecule has 1 spiro atoms. The van der Waals surface area contributed by atoms with Gasteiger partial charge in [-0.05, 0) is 56.2 Å². The van der Waals surface area contributed by atoms with Crippen LogP contribution in [-0.4, -0.2) is 72.6 Å². The summed E-state index contributed by atoms with van der Waals surface area (Å²) in [6.45, 7) is 4.93. The second-order valence-electron chi connectivity index (χ2n) is 7.70. The van der Waals surface area contributed by atoms with Crippen molar-refractivity contribution in [3.05, 3.63) is 30.1 Å². The van der Waals surface area contributed by atoms with E-state index >= 15 is 0 Å². The number of carbonyl (C=O) groups is 1. The number of rotatable bonds is 7. The van der Waals surface area contributed by atoms with Crippen molar-refractivity contribution in [2.75, 3.05) is 32.1 Å². The number of carboxylic acids is 1. The molecular formula is C20H29F3N2O6S. The average molecular weight is 483 g/mol. The van der Waals surface area contributed by atoms with E-state index in [1.165, 1.54) is 0 Å². The van der Waals surface area contributed by atoms with Crippen molar-refractivity contribution in [2.24, 2.45) is 5.92 Å². The van der Waals surface area contributed by atoms with Crippen LogP contribution in [0.2, 0.25) is 0 Å². The molecule has 3 heterocycles. The maximum atomic E-state index is 12.0. The average Bonchev–Trinajstić information content (AvgIpc) is 3.13. The summed E-state index contributed by atoms with van der Waals surface area (Å²) in [4.78, 5) is 12.9. The standard InChI is InChI=1S/C18H28N2O4S.C2HF3O2/c1-2-25(21,22)20-11-7-18(8-12-20)17(6-14-24-18)5-13-23-15-16-3-9-19-10-4-16;3-2(4,5)1(6)7/h3-4,9-10,17H,2,5-8,11-15H2,1H3;(H,6,7). The molecule has 0 radical (unpaired) electrons. The Labute approximate surface area is 185 Å². The molecule has 0 bridgehead atoms. The fraction of sp³-hybridized carbons (Fsp3) is 0.700. The van der Waals surface area contributed by atoms with Crippen molar-refractivity contribution < 1.29 is 41.0 Å². The third-order valence-electron chi connectivity index (χ3n) is 5.80. The van der Waals surface area contributed by atoms with Crippen LogP contribution in [0.1, 0.15) is 38.2 Å². The molecule has 32 heavy (non-hydrogen) atoms. The zero-order valence-corrected chi connectivity index (χ0v) is 18.7. The summed E-state index contributed by atoms with van der Waals surface area (Å²) in [6.07, 6.45) is 2.06. The van der Waals surface area contributed by atoms with E-state index in [0.717, 1.165) is 37.9 Å². The van der Waals surface area contributed by atoms with E-state index in [1.54, 1.807) is 23.6 Å². The summed E-state index contributed by atoms with van der Waals surface area (Å²) in [5.74, 6) is -2.13. The number of nitrogens with zero attached hydrogens (tertiary/aromatic N) is 2. The highest BCUT2D eigenvalue weighted by molar-refractivity contribution is 7.89. The molecule has 0 amide bonds. The summed E-state index contributed by atoms with van der Waals surface area (Å²) >= 11 is 0. The van der Waals surface area contributed by atoms with Crippen LogP contribution >= 0.6 is 0 Å². The van der Waals surface area contributed by atoms with Crippen LogP contribution in [0.25, 0.3) is 0 Å². The maximum Gasteiger partial charge on any atom is 0.490 e. The first kappa shape index (κ1) is 26.5. The molecule has 182 valence electrons. The fourth-order valence-electron chi connectivity index (χ4n) is 3.97. The molecule has 2 aliphatic heterocycles. The van der Waals surface area contributed by atoms with Crippen molar-refractivity contribution in [3.63, 3.8) is 0 Å². The van der Waals surface area contributed by atoms with Crippen molar-refractivity contribution in [1.29, 1.82) is 0 Å². The quantitative estimate of drug-likeness (QED) is 0.596. The Hall–Kier alpha value is -1.76. The molecule has 3 rings (SSSR count). The predicted octanol–water partition coefficient (Wildman–Crippen LogP) is 2.84. The topological polar surface area (TPSA) is 106 Å². The SMILES string of the molecule is CCS(=O)(=O)N1CCC2(CC1)OCCC2CCOCc1ccncc1.O=C(O)C(F)(F)F. The fourth-order valence-corrected chi connectivity index (χ4v) is 5.07. The van der Waals surface area contributed by atoms with Gasteiger partial charge in [-0.1, -0.05) is 0 Å². The number of ether oxygens (including phenoxy) is 2. The molecule has 8 nitrogen and oxygen atoms in total. The van der Waals surface area contributed by atoms with Crippen molar-refractivity contribution >= 4 is 16.0 Å². The summed E-state index contributed by atoms with van der Waals surface area (Å²) in [5, 5.41) is 7.12. The van der Waals surface area contributed by atoms with Crippen LogP contribution < -0.4 is 0 Å². The maximum absolute atomic E-state index is 12.0. The first-order valence-electron chi connectivity index (χ1n) is 10.4. The van der Waals surface area contributed by atoms with E-state index in [2.05, 4.69) is 4.98 Å². The van der Waals surface area contributed by atoms with Crippen molar-refractivity contribution in [1.82, 2.24) is 9.29 Å². The van der Waals surface area contributed by atoms with Crippen molar-refractivity contribution in [3.8, 4) is 0 Å². The number of hydrogen-bond donors (Lipinski definition) is 1. The van der Waals surface area contributed by atoms with Gasteiger partial charge in [-0.25, -0.2) is 17.5 Å². The third kappa shape index (κ3) is 7.39. The number of aliphatic carboxylic acids is 1. The van der Waals surface area contributed by atoms with Gasteiger partial charge < -0.3 is 14.6 Å². The lowest BCUT2D eigenvalue weighted by atomic mass is 9.78. The molecule has 2 saturated heterocycles. The van der Waals surface area contributed by atoms with Gasteiger partial charge in [-0.2, -0.15) is 13.2 Å². The number of pyridine rings is 1. The molecule has 1 unspecified atom stereocenters. The minimum absolute atomic E-state index is 0.153. The molecule has 0 aliphatic carbocycles. The van der Waals surface area contributed by atoms with Crippen LogP contribution in [0.5, 0.6) is 0 Å². The second kappa shape index (κ2) is 11.4. The normalized spacial score (nSPS) is 21.2. The van der Waals surface area contributed by atoms with E-state index in [0.29, 0.717) is 32.2 Å². The van der Waals surface area contributed by atoms with Crippen LogP contribution in [-0.2, 0) is 30.9 Å². The van der Waals surface area contributed by atoms with E-state index in [4.69, 9.17) is 19.4 Å². The number of carboxylic acid groups (broad SMARTS) is 1.